The van der Waals surface area contributed by atoms with Crippen molar-refractivity contribution in [2.24, 2.45) is 0 Å². The Morgan fingerprint density at radius 3 is 3.04 bits per heavy atom. The van der Waals surface area contributed by atoms with Gasteiger partial charge in [-0.2, -0.15) is 5.10 Å². The van der Waals surface area contributed by atoms with E-state index >= 15 is 0 Å². The molecule has 3 rings (SSSR count). The molecule has 1 saturated heterocycles. The quantitative estimate of drug-likeness (QED) is 0.671. The highest BCUT2D eigenvalue weighted by Crippen LogP contribution is 2.18. The minimum absolute atomic E-state index is 0.258. The number of β-amino-alcohol motifs (C(OH)–C–C–N with tert-alkyl or cyclic N) is 1. The summed E-state index contributed by atoms with van der Waals surface area (Å²) in [5, 5.41) is 14.5. The van der Waals surface area contributed by atoms with E-state index in [0.29, 0.717) is 24.5 Å². The maximum atomic E-state index is 9.82. The third-order valence-corrected chi connectivity index (χ3v) is 4.40. The van der Waals surface area contributed by atoms with Crippen molar-refractivity contribution in [3.05, 3.63) is 42.0 Å². The molecule has 1 aliphatic rings. The lowest BCUT2D eigenvalue weighted by Crippen LogP contribution is -2.39. The van der Waals surface area contributed by atoms with Crippen LogP contribution in [0.2, 0.25) is 0 Å². The summed E-state index contributed by atoms with van der Waals surface area (Å²) in [5.74, 6) is 0.792. The highest BCUT2D eigenvalue weighted by Gasteiger charge is 2.20. The molecule has 7 heteroatoms. The van der Waals surface area contributed by atoms with Crippen LogP contribution in [0.25, 0.3) is 11.4 Å². The monoisotopic (exact) mass is 331 g/mol. The number of nitrogens with zero attached hydrogens (tertiary/aromatic N) is 5. The van der Waals surface area contributed by atoms with Crippen molar-refractivity contribution in [1.82, 2.24) is 24.2 Å². The second-order valence-corrected chi connectivity index (χ2v) is 6.13. The Balaban J connectivity index is 1.92. The van der Waals surface area contributed by atoms with Crippen LogP contribution in [-0.4, -0.2) is 48.5 Å². The first-order chi connectivity index (χ1) is 11.2. The highest BCUT2D eigenvalue weighted by atomic mass is 32.1. The number of aromatic nitrogens is 4. The van der Waals surface area contributed by atoms with Crippen LogP contribution in [0.5, 0.6) is 0 Å². The van der Waals surface area contributed by atoms with Gasteiger partial charge in [0.25, 0.3) is 0 Å². The van der Waals surface area contributed by atoms with Crippen LogP contribution in [0.4, 0.5) is 0 Å². The first-order valence-corrected chi connectivity index (χ1v) is 8.19. The van der Waals surface area contributed by atoms with E-state index in [1.807, 2.05) is 27.5 Å². The van der Waals surface area contributed by atoms with Crippen LogP contribution in [-0.2, 0) is 13.2 Å². The lowest BCUT2D eigenvalue weighted by Gasteiger charge is -2.29. The van der Waals surface area contributed by atoms with E-state index in [1.54, 1.807) is 12.4 Å². The Hall–Kier alpha value is -1.83. The van der Waals surface area contributed by atoms with Gasteiger partial charge in [-0.05, 0) is 37.2 Å². The minimum Gasteiger partial charge on any atom is -0.392 e. The lowest BCUT2D eigenvalue weighted by atomic mass is 10.1. The van der Waals surface area contributed by atoms with Crippen LogP contribution in [0.15, 0.2) is 37.2 Å². The molecular formula is C16H21N5OS. The number of aliphatic hydroxyl groups is 1. The molecular weight excluding hydrogens is 310 g/mol. The number of hydrogen-bond donors (Lipinski definition) is 1. The van der Waals surface area contributed by atoms with Crippen molar-refractivity contribution < 1.29 is 5.11 Å². The second kappa shape index (κ2) is 7.16. The standard InChI is InChI=1S/C16H21N5OS/c1-2-8-20-15(13-5-3-7-17-10-13)18-21(16(20)23)12-19-9-4-6-14(22)11-19/h2-3,5,7,10,14,22H,1,4,6,8-9,11-12H2/t14-/m0/s1. The van der Waals surface area contributed by atoms with Gasteiger partial charge in [-0.15, -0.1) is 6.58 Å². The van der Waals surface area contributed by atoms with Crippen molar-refractivity contribution in [2.75, 3.05) is 13.1 Å². The molecule has 0 amide bonds. The SMILES string of the molecule is C=CCn1c(-c2cccnc2)nn(CN2CCC[C@H](O)C2)c1=S. The zero-order chi connectivity index (χ0) is 16.2. The van der Waals surface area contributed by atoms with E-state index in [1.165, 1.54) is 0 Å². The fourth-order valence-corrected chi connectivity index (χ4v) is 3.14. The topological polar surface area (TPSA) is 59.1 Å². The summed E-state index contributed by atoms with van der Waals surface area (Å²) in [7, 11) is 0. The Morgan fingerprint density at radius 2 is 2.35 bits per heavy atom. The van der Waals surface area contributed by atoms with Gasteiger partial charge in [0.2, 0.25) is 0 Å². The smallest absolute Gasteiger partial charge is 0.199 e. The first-order valence-electron chi connectivity index (χ1n) is 7.78. The summed E-state index contributed by atoms with van der Waals surface area (Å²) >= 11 is 5.58. The van der Waals surface area contributed by atoms with Gasteiger partial charge in [-0.3, -0.25) is 14.5 Å². The van der Waals surface area contributed by atoms with Crippen molar-refractivity contribution in [2.45, 2.75) is 32.2 Å². The normalized spacial score (nSPS) is 18.9. The van der Waals surface area contributed by atoms with Gasteiger partial charge >= 0.3 is 0 Å². The molecule has 2 aromatic rings. The summed E-state index contributed by atoms with van der Waals surface area (Å²) in [5.41, 5.74) is 0.929. The van der Waals surface area contributed by atoms with Crippen LogP contribution >= 0.6 is 12.2 Å². The molecule has 1 aliphatic heterocycles. The van der Waals surface area contributed by atoms with Crippen molar-refractivity contribution in [3.63, 3.8) is 0 Å². The zero-order valence-corrected chi connectivity index (χ0v) is 13.8. The molecule has 0 unspecified atom stereocenters. The summed E-state index contributed by atoms with van der Waals surface area (Å²) in [6, 6.07) is 3.86. The molecule has 23 heavy (non-hydrogen) atoms. The van der Waals surface area contributed by atoms with E-state index in [-0.39, 0.29) is 6.10 Å². The van der Waals surface area contributed by atoms with Crippen LogP contribution in [0.3, 0.4) is 0 Å². The van der Waals surface area contributed by atoms with E-state index in [0.717, 1.165) is 30.8 Å². The maximum absolute atomic E-state index is 9.82. The van der Waals surface area contributed by atoms with Gasteiger partial charge in [-0.25, -0.2) is 4.68 Å². The molecule has 0 aromatic carbocycles. The molecule has 6 nitrogen and oxygen atoms in total. The number of allylic oxidation sites excluding steroid dienone is 1. The molecule has 1 atom stereocenters. The molecule has 0 saturated carbocycles. The average Bonchev–Trinajstić information content (AvgIpc) is 2.86. The molecule has 0 bridgehead atoms. The molecule has 122 valence electrons. The molecule has 0 spiro atoms. The van der Waals surface area contributed by atoms with Gasteiger partial charge in [0.05, 0.1) is 12.8 Å². The molecule has 3 heterocycles. The number of pyridine rings is 1. The van der Waals surface area contributed by atoms with Gasteiger partial charge < -0.3 is 5.11 Å². The Morgan fingerprint density at radius 1 is 1.48 bits per heavy atom. The minimum atomic E-state index is -0.258. The van der Waals surface area contributed by atoms with Gasteiger partial charge in [-0.1, -0.05) is 6.08 Å². The molecule has 2 aromatic heterocycles. The highest BCUT2D eigenvalue weighted by molar-refractivity contribution is 7.71. The zero-order valence-electron chi connectivity index (χ0n) is 13.0. The number of aliphatic hydroxyl groups excluding tert-OH is 1. The summed E-state index contributed by atoms with van der Waals surface area (Å²) in [6.45, 7) is 6.62. The van der Waals surface area contributed by atoms with Crippen molar-refractivity contribution >= 4 is 12.2 Å². The van der Waals surface area contributed by atoms with Gasteiger partial charge in [0.1, 0.15) is 0 Å². The number of likely N-dealkylation sites (tertiary alicyclic amines) is 1. The predicted molar refractivity (Wildman–Crippen MR) is 91.3 cm³/mol. The number of rotatable bonds is 5. The Bertz CT molecular complexity index is 724. The van der Waals surface area contributed by atoms with Crippen LogP contribution < -0.4 is 0 Å². The molecule has 1 fully saturated rings. The largest absolute Gasteiger partial charge is 0.392 e. The second-order valence-electron chi connectivity index (χ2n) is 5.76. The van der Waals surface area contributed by atoms with E-state index in [2.05, 4.69) is 21.6 Å². The first kappa shape index (κ1) is 16.0. The maximum Gasteiger partial charge on any atom is 0.199 e. The van der Waals surface area contributed by atoms with Gasteiger partial charge in [0.15, 0.2) is 10.6 Å². The predicted octanol–water partition coefficient (Wildman–Crippen LogP) is 2.08. The lowest BCUT2D eigenvalue weighted by molar-refractivity contribution is 0.0513. The molecule has 0 aliphatic carbocycles. The Labute approximate surface area is 140 Å². The number of piperidine rings is 1. The third-order valence-electron chi connectivity index (χ3n) is 3.97. The fourth-order valence-electron chi connectivity index (χ4n) is 2.88. The van der Waals surface area contributed by atoms with Crippen molar-refractivity contribution in [1.29, 1.82) is 0 Å². The summed E-state index contributed by atoms with van der Waals surface area (Å²) < 4.78 is 4.43. The molecule has 1 N–H and O–H groups in total. The summed E-state index contributed by atoms with van der Waals surface area (Å²) in [6.07, 6.45) is 6.94. The van der Waals surface area contributed by atoms with Crippen LogP contribution in [0, 0.1) is 4.77 Å². The molecule has 0 radical (unpaired) electrons. The fraction of sp³-hybridized carbons (Fsp3) is 0.438. The van der Waals surface area contributed by atoms with Crippen molar-refractivity contribution in [3.8, 4) is 11.4 Å². The third kappa shape index (κ3) is 3.57. The van der Waals surface area contributed by atoms with E-state index < -0.39 is 0 Å². The Kier molecular flexibility index (Phi) is 5.00. The summed E-state index contributed by atoms with van der Waals surface area (Å²) in [4.78, 5) is 6.34. The average molecular weight is 331 g/mol. The number of hydrogen-bond acceptors (Lipinski definition) is 5. The van der Waals surface area contributed by atoms with E-state index in [9.17, 15) is 5.11 Å². The van der Waals surface area contributed by atoms with Crippen LogP contribution in [0.1, 0.15) is 12.8 Å². The van der Waals surface area contributed by atoms with E-state index in [4.69, 9.17) is 12.2 Å². The van der Waals surface area contributed by atoms with Gasteiger partial charge in [0, 0.05) is 37.6 Å².